The molecule has 3 rings (SSSR count). The highest BCUT2D eigenvalue weighted by molar-refractivity contribution is 5.79. The summed E-state index contributed by atoms with van der Waals surface area (Å²) in [5.41, 5.74) is 2.63. The van der Waals surface area contributed by atoms with E-state index in [2.05, 4.69) is 65.5 Å². The number of nitrogens with one attached hydrogen (secondary N) is 2. The van der Waals surface area contributed by atoms with Gasteiger partial charge in [0.15, 0.2) is 5.96 Å². The van der Waals surface area contributed by atoms with Crippen molar-refractivity contribution in [2.75, 3.05) is 65.7 Å². The Balaban J connectivity index is 1.50. The second-order valence-electron chi connectivity index (χ2n) is 8.67. The standard InChI is InChI=1S/C23H39N5O2/c1-4-24-22(26-19-23(2,3)28-11-15-30-16-12-28)25-17-20-5-7-21(8-6-20)18-27-9-13-29-14-10-27/h5-8H,4,9-19H2,1-3H3,(H2,24,25,26). The predicted octanol–water partition coefficient (Wildman–Crippen LogP) is 1.68. The lowest BCUT2D eigenvalue weighted by molar-refractivity contribution is -0.00834. The van der Waals surface area contributed by atoms with Crippen molar-refractivity contribution >= 4 is 5.96 Å². The van der Waals surface area contributed by atoms with Crippen LogP contribution in [0.2, 0.25) is 0 Å². The molecular weight excluding hydrogens is 378 g/mol. The average molecular weight is 418 g/mol. The topological polar surface area (TPSA) is 61.4 Å². The third-order valence-corrected chi connectivity index (χ3v) is 5.85. The summed E-state index contributed by atoms with van der Waals surface area (Å²) in [6.07, 6.45) is 0. The lowest BCUT2D eigenvalue weighted by Crippen LogP contribution is -2.56. The zero-order valence-corrected chi connectivity index (χ0v) is 19.0. The van der Waals surface area contributed by atoms with Gasteiger partial charge >= 0.3 is 0 Å². The van der Waals surface area contributed by atoms with Gasteiger partial charge < -0.3 is 20.1 Å². The third-order valence-electron chi connectivity index (χ3n) is 5.85. The minimum atomic E-state index is 0.0567. The van der Waals surface area contributed by atoms with E-state index in [0.717, 1.165) is 78.2 Å². The molecule has 2 aliphatic rings. The summed E-state index contributed by atoms with van der Waals surface area (Å²) < 4.78 is 10.9. The summed E-state index contributed by atoms with van der Waals surface area (Å²) in [6, 6.07) is 8.84. The molecule has 1 aromatic rings. The Bertz CT molecular complexity index is 650. The van der Waals surface area contributed by atoms with E-state index in [1.807, 2.05) is 0 Å². The SMILES string of the molecule is CCNC(=NCc1ccc(CN2CCOCC2)cc1)NCC(C)(C)N1CCOCC1. The van der Waals surface area contributed by atoms with E-state index in [0.29, 0.717) is 6.54 Å². The average Bonchev–Trinajstić information content (AvgIpc) is 2.78. The van der Waals surface area contributed by atoms with Gasteiger partial charge in [-0.15, -0.1) is 0 Å². The van der Waals surface area contributed by atoms with Crippen LogP contribution in [-0.2, 0) is 22.6 Å². The summed E-state index contributed by atoms with van der Waals surface area (Å²) in [7, 11) is 0. The van der Waals surface area contributed by atoms with Crippen molar-refractivity contribution in [3.05, 3.63) is 35.4 Å². The zero-order valence-electron chi connectivity index (χ0n) is 19.0. The van der Waals surface area contributed by atoms with Crippen molar-refractivity contribution in [1.82, 2.24) is 20.4 Å². The van der Waals surface area contributed by atoms with E-state index in [-0.39, 0.29) is 5.54 Å². The number of hydrogen-bond donors (Lipinski definition) is 2. The first kappa shape index (κ1) is 23.0. The molecule has 0 bridgehead atoms. The third kappa shape index (κ3) is 7.23. The molecule has 0 aliphatic carbocycles. The lowest BCUT2D eigenvalue weighted by atomic mass is 10.0. The molecule has 0 aromatic heterocycles. The maximum absolute atomic E-state index is 5.49. The van der Waals surface area contributed by atoms with Crippen molar-refractivity contribution in [3.63, 3.8) is 0 Å². The first-order chi connectivity index (χ1) is 14.6. The highest BCUT2D eigenvalue weighted by atomic mass is 16.5. The Labute approximate surface area is 181 Å². The Morgan fingerprint density at radius 2 is 1.53 bits per heavy atom. The summed E-state index contributed by atoms with van der Waals surface area (Å²) in [5.74, 6) is 0.872. The monoisotopic (exact) mass is 417 g/mol. The normalized spacial score (nSPS) is 19.6. The molecule has 0 atom stereocenters. The van der Waals surface area contributed by atoms with Crippen molar-refractivity contribution in [2.45, 2.75) is 39.4 Å². The van der Waals surface area contributed by atoms with Crippen LogP contribution < -0.4 is 10.6 Å². The van der Waals surface area contributed by atoms with Crippen molar-refractivity contribution < 1.29 is 9.47 Å². The number of nitrogens with zero attached hydrogens (tertiary/aromatic N) is 3. The van der Waals surface area contributed by atoms with Gasteiger partial charge in [0.1, 0.15) is 0 Å². The van der Waals surface area contributed by atoms with Crippen LogP contribution in [0.4, 0.5) is 0 Å². The van der Waals surface area contributed by atoms with Crippen LogP contribution in [0, 0.1) is 0 Å². The number of morpholine rings is 2. The Hall–Kier alpha value is -1.67. The van der Waals surface area contributed by atoms with Gasteiger partial charge in [0, 0.05) is 51.4 Å². The van der Waals surface area contributed by atoms with Gasteiger partial charge in [-0.05, 0) is 31.9 Å². The molecule has 0 saturated carbocycles. The first-order valence-electron chi connectivity index (χ1n) is 11.3. The Morgan fingerprint density at radius 1 is 0.933 bits per heavy atom. The first-order valence-corrected chi connectivity index (χ1v) is 11.3. The van der Waals surface area contributed by atoms with Gasteiger partial charge in [-0.1, -0.05) is 24.3 Å². The summed E-state index contributed by atoms with van der Waals surface area (Å²) >= 11 is 0. The summed E-state index contributed by atoms with van der Waals surface area (Å²) in [5, 5.41) is 6.90. The van der Waals surface area contributed by atoms with Crippen LogP contribution in [-0.4, -0.2) is 87.0 Å². The van der Waals surface area contributed by atoms with Crippen molar-refractivity contribution in [3.8, 4) is 0 Å². The van der Waals surface area contributed by atoms with Crippen molar-refractivity contribution in [2.24, 2.45) is 4.99 Å². The molecule has 2 heterocycles. The molecule has 7 nitrogen and oxygen atoms in total. The van der Waals surface area contributed by atoms with Gasteiger partial charge in [0.05, 0.1) is 33.0 Å². The smallest absolute Gasteiger partial charge is 0.191 e. The number of ether oxygens (including phenoxy) is 2. The maximum atomic E-state index is 5.49. The van der Waals surface area contributed by atoms with E-state index in [1.165, 1.54) is 11.1 Å². The molecule has 0 unspecified atom stereocenters. The summed E-state index contributed by atoms with van der Waals surface area (Å²) in [4.78, 5) is 9.73. The van der Waals surface area contributed by atoms with Gasteiger partial charge in [0.2, 0.25) is 0 Å². The van der Waals surface area contributed by atoms with Crippen LogP contribution in [0.15, 0.2) is 29.3 Å². The fourth-order valence-electron chi connectivity index (χ4n) is 3.86. The predicted molar refractivity (Wildman–Crippen MR) is 122 cm³/mol. The van der Waals surface area contributed by atoms with Gasteiger partial charge in [-0.3, -0.25) is 9.80 Å². The van der Waals surface area contributed by atoms with Crippen LogP contribution >= 0.6 is 0 Å². The zero-order chi connectivity index (χ0) is 21.2. The highest BCUT2D eigenvalue weighted by Crippen LogP contribution is 2.15. The van der Waals surface area contributed by atoms with E-state index in [1.54, 1.807) is 0 Å². The number of guanidine groups is 1. The molecule has 1 aromatic carbocycles. The molecule has 7 heteroatoms. The van der Waals surface area contributed by atoms with E-state index >= 15 is 0 Å². The van der Waals surface area contributed by atoms with Gasteiger partial charge in [-0.2, -0.15) is 0 Å². The largest absolute Gasteiger partial charge is 0.379 e. The fourth-order valence-corrected chi connectivity index (χ4v) is 3.86. The van der Waals surface area contributed by atoms with Gasteiger partial charge in [-0.25, -0.2) is 4.99 Å². The van der Waals surface area contributed by atoms with Crippen LogP contribution in [0.25, 0.3) is 0 Å². The quantitative estimate of drug-likeness (QED) is 0.496. The maximum Gasteiger partial charge on any atom is 0.191 e. The Morgan fingerprint density at radius 3 is 2.17 bits per heavy atom. The van der Waals surface area contributed by atoms with Crippen LogP contribution in [0.1, 0.15) is 31.9 Å². The Kier molecular flexibility index (Phi) is 8.93. The summed E-state index contributed by atoms with van der Waals surface area (Å²) in [6.45, 7) is 17.4. The van der Waals surface area contributed by atoms with E-state index in [9.17, 15) is 0 Å². The molecule has 2 saturated heterocycles. The molecule has 0 amide bonds. The molecule has 2 fully saturated rings. The number of benzene rings is 1. The van der Waals surface area contributed by atoms with E-state index < -0.39 is 0 Å². The van der Waals surface area contributed by atoms with Crippen LogP contribution in [0.3, 0.4) is 0 Å². The minimum absolute atomic E-state index is 0.0567. The molecule has 2 aliphatic heterocycles. The molecular formula is C23H39N5O2. The fraction of sp³-hybridized carbons (Fsp3) is 0.696. The molecule has 0 radical (unpaired) electrons. The number of hydrogen-bond acceptors (Lipinski definition) is 5. The van der Waals surface area contributed by atoms with Gasteiger partial charge in [0.25, 0.3) is 0 Å². The van der Waals surface area contributed by atoms with Crippen LogP contribution in [0.5, 0.6) is 0 Å². The highest BCUT2D eigenvalue weighted by Gasteiger charge is 2.28. The molecule has 30 heavy (non-hydrogen) atoms. The second-order valence-corrected chi connectivity index (χ2v) is 8.67. The second kappa shape index (κ2) is 11.6. The van der Waals surface area contributed by atoms with Crippen molar-refractivity contribution in [1.29, 1.82) is 0 Å². The molecule has 0 spiro atoms. The molecule has 168 valence electrons. The molecule has 2 N–H and O–H groups in total. The lowest BCUT2D eigenvalue weighted by Gasteiger charge is -2.41. The van der Waals surface area contributed by atoms with E-state index in [4.69, 9.17) is 14.5 Å². The number of rotatable bonds is 8. The number of aliphatic imine (C=N–C) groups is 1. The minimum Gasteiger partial charge on any atom is -0.379 e.